The van der Waals surface area contributed by atoms with Gasteiger partial charge in [0.25, 0.3) is 0 Å². The van der Waals surface area contributed by atoms with Crippen LogP contribution in [0.3, 0.4) is 0 Å². The Labute approximate surface area is 184 Å². The molecular weight excluding hydrogens is 410 g/mol. The Bertz CT molecular complexity index is 716. The summed E-state index contributed by atoms with van der Waals surface area (Å²) in [5, 5.41) is 2.96. The largest absolute Gasteiger partial charge is 0.495 e. The van der Waals surface area contributed by atoms with Crippen LogP contribution in [-0.4, -0.2) is 43.0 Å². The van der Waals surface area contributed by atoms with Gasteiger partial charge in [-0.3, -0.25) is 0 Å². The molecule has 0 saturated carbocycles. The van der Waals surface area contributed by atoms with E-state index in [2.05, 4.69) is 19.2 Å². The van der Waals surface area contributed by atoms with E-state index in [4.69, 9.17) is 30.5 Å². The summed E-state index contributed by atoms with van der Waals surface area (Å²) in [7, 11) is 1.53. The molecule has 0 spiro atoms. The Morgan fingerprint density at radius 1 is 1.13 bits per heavy atom. The standard InChI is InChI=1S/C22H34ClNO6/c1-13(2)11-18(29-16-9-10-17(23)19(12-16)27-8)15(4)28-20(25)14(3)24-21(26)30-22(5,6)7/h9-10,12-15,18H,11H2,1-8H3,(H,24,26)/t14-,15-,18+/m0/s1. The van der Waals surface area contributed by atoms with Gasteiger partial charge >= 0.3 is 12.1 Å². The highest BCUT2D eigenvalue weighted by molar-refractivity contribution is 6.32. The van der Waals surface area contributed by atoms with Gasteiger partial charge in [-0.15, -0.1) is 0 Å². The van der Waals surface area contributed by atoms with Crippen molar-refractivity contribution in [2.45, 2.75) is 78.7 Å². The second-order valence-electron chi connectivity index (χ2n) is 8.59. The Kier molecular flexibility index (Phi) is 9.75. The van der Waals surface area contributed by atoms with E-state index < -0.39 is 35.9 Å². The summed E-state index contributed by atoms with van der Waals surface area (Å²) in [4.78, 5) is 24.3. The van der Waals surface area contributed by atoms with Crippen LogP contribution in [0.2, 0.25) is 5.02 Å². The predicted octanol–water partition coefficient (Wildman–Crippen LogP) is 4.99. The average Bonchev–Trinajstić information content (AvgIpc) is 2.60. The fourth-order valence-electron chi connectivity index (χ4n) is 2.59. The summed E-state index contributed by atoms with van der Waals surface area (Å²) in [5.74, 6) is 0.795. The lowest BCUT2D eigenvalue weighted by Crippen LogP contribution is -2.45. The molecule has 0 radical (unpaired) electrons. The van der Waals surface area contributed by atoms with Crippen molar-refractivity contribution < 1.29 is 28.5 Å². The number of hydrogen-bond donors (Lipinski definition) is 1. The molecule has 0 heterocycles. The fraction of sp³-hybridized carbons (Fsp3) is 0.636. The van der Waals surface area contributed by atoms with E-state index in [0.29, 0.717) is 28.9 Å². The summed E-state index contributed by atoms with van der Waals surface area (Å²) in [6.45, 7) is 12.7. The second kappa shape index (κ2) is 11.3. The molecule has 0 aliphatic heterocycles. The molecule has 1 aromatic rings. The molecule has 1 N–H and O–H groups in total. The summed E-state index contributed by atoms with van der Waals surface area (Å²) >= 11 is 6.07. The molecule has 0 bridgehead atoms. The molecule has 170 valence electrons. The maximum absolute atomic E-state index is 12.5. The fourth-order valence-corrected chi connectivity index (χ4v) is 2.79. The van der Waals surface area contributed by atoms with Crippen LogP contribution in [0.5, 0.6) is 11.5 Å². The van der Waals surface area contributed by atoms with E-state index in [1.165, 1.54) is 7.11 Å². The third kappa shape index (κ3) is 9.11. The number of alkyl carbamates (subject to hydrolysis) is 1. The zero-order valence-corrected chi connectivity index (χ0v) is 19.8. The lowest BCUT2D eigenvalue weighted by atomic mass is 10.0. The number of hydrogen-bond acceptors (Lipinski definition) is 6. The zero-order chi connectivity index (χ0) is 23.1. The van der Waals surface area contributed by atoms with Gasteiger partial charge in [-0.2, -0.15) is 0 Å². The van der Waals surface area contributed by atoms with Crippen molar-refractivity contribution in [3.05, 3.63) is 23.2 Å². The van der Waals surface area contributed by atoms with Gasteiger partial charge < -0.3 is 24.3 Å². The smallest absolute Gasteiger partial charge is 0.408 e. The lowest BCUT2D eigenvalue weighted by Gasteiger charge is -2.28. The van der Waals surface area contributed by atoms with E-state index in [1.807, 2.05) is 0 Å². The van der Waals surface area contributed by atoms with Crippen LogP contribution in [0.4, 0.5) is 4.79 Å². The molecule has 1 amide bonds. The van der Waals surface area contributed by atoms with Gasteiger partial charge in [-0.05, 0) is 59.1 Å². The highest BCUT2D eigenvalue weighted by Gasteiger charge is 2.28. The first-order chi connectivity index (χ1) is 13.8. The maximum Gasteiger partial charge on any atom is 0.408 e. The van der Waals surface area contributed by atoms with Gasteiger partial charge in [-0.1, -0.05) is 25.4 Å². The number of halogens is 1. The molecule has 3 atom stereocenters. The number of rotatable bonds is 9. The van der Waals surface area contributed by atoms with Crippen LogP contribution >= 0.6 is 11.6 Å². The molecule has 0 aromatic heterocycles. The molecule has 0 aliphatic carbocycles. The number of ether oxygens (including phenoxy) is 4. The van der Waals surface area contributed by atoms with Gasteiger partial charge in [0.05, 0.1) is 12.1 Å². The number of carbonyl (C=O) groups is 2. The molecule has 8 heteroatoms. The SMILES string of the molecule is COc1cc(O[C@H](CC(C)C)[C@H](C)OC(=O)[C@H](C)NC(=O)OC(C)(C)C)ccc1Cl. The Hall–Kier alpha value is -2.15. The molecular formula is C22H34ClNO6. The molecule has 1 aromatic carbocycles. The molecule has 30 heavy (non-hydrogen) atoms. The summed E-state index contributed by atoms with van der Waals surface area (Å²) in [6.07, 6.45) is -0.964. The molecule has 0 unspecified atom stereocenters. The van der Waals surface area contributed by atoms with Crippen LogP contribution in [0.25, 0.3) is 0 Å². The first-order valence-corrected chi connectivity index (χ1v) is 10.4. The van der Waals surface area contributed by atoms with E-state index in [-0.39, 0.29) is 0 Å². The van der Waals surface area contributed by atoms with Crippen molar-refractivity contribution in [3.63, 3.8) is 0 Å². The van der Waals surface area contributed by atoms with E-state index in [0.717, 1.165) is 0 Å². The highest BCUT2D eigenvalue weighted by Crippen LogP contribution is 2.30. The van der Waals surface area contributed by atoms with Gasteiger partial charge in [0.2, 0.25) is 0 Å². The molecule has 0 aliphatic rings. The minimum Gasteiger partial charge on any atom is -0.495 e. The van der Waals surface area contributed by atoms with Crippen molar-refractivity contribution in [2.24, 2.45) is 5.92 Å². The zero-order valence-electron chi connectivity index (χ0n) is 19.1. The number of carbonyl (C=O) groups excluding carboxylic acids is 2. The van der Waals surface area contributed by atoms with Crippen molar-refractivity contribution in [1.29, 1.82) is 0 Å². The van der Waals surface area contributed by atoms with E-state index in [1.54, 1.807) is 52.8 Å². The maximum atomic E-state index is 12.5. The van der Waals surface area contributed by atoms with Gasteiger partial charge in [0, 0.05) is 6.07 Å². The van der Waals surface area contributed by atoms with E-state index in [9.17, 15) is 9.59 Å². The third-order valence-electron chi connectivity index (χ3n) is 4.03. The first-order valence-electron chi connectivity index (χ1n) is 10.0. The third-order valence-corrected chi connectivity index (χ3v) is 4.34. The van der Waals surface area contributed by atoms with Crippen molar-refractivity contribution in [1.82, 2.24) is 5.32 Å². The van der Waals surface area contributed by atoms with Crippen molar-refractivity contribution in [3.8, 4) is 11.5 Å². The number of amides is 1. The molecule has 7 nitrogen and oxygen atoms in total. The average molecular weight is 444 g/mol. The van der Waals surface area contributed by atoms with Crippen molar-refractivity contribution in [2.75, 3.05) is 7.11 Å². The summed E-state index contributed by atoms with van der Waals surface area (Å²) in [6, 6.07) is 4.25. The first kappa shape index (κ1) is 25.9. The number of benzene rings is 1. The van der Waals surface area contributed by atoms with Crippen LogP contribution in [-0.2, 0) is 14.3 Å². The minimum atomic E-state index is -0.863. The van der Waals surface area contributed by atoms with Crippen molar-refractivity contribution >= 4 is 23.7 Å². The van der Waals surface area contributed by atoms with Gasteiger partial charge in [-0.25, -0.2) is 9.59 Å². The molecule has 0 saturated heterocycles. The predicted molar refractivity (Wildman–Crippen MR) is 116 cm³/mol. The number of nitrogens with one attached hydrogen (secondary N) is 1. The van der Waals surface area contributed by atoms with Crippen LogP contribution in [0.1, 0.15) is 54.9 Å². The molecule has 0 fully saturated rings. The van der Waals surface area contributed by atoms with Crippen LogP contribution in [0.15, 0.2) is 18.2 Å². The second-order valence-corrected chi connectivity index (χ2v) is 9.00. The number of methoxy groups -OCH3 is 1. The van der Waals surface area contributed by atoms with Crippen LogP contribution in [0, 0.1) is 5.92 Å². The summed E-state index contributed by atoms with van der Waals surface area (Å²) < 4.78 is 22.0. The summed E-state index contributed by atoms with van der Waals surface area (Å²) in [5.41, 5.74) is -0.656. The Morgan fingerprint density at radius 2 is 1.77 bits per heavy atom. The number of esters is 1. The van der Waals surface area contributed by atoms with E-state index >= 15 is 0 Å². The topological polar surface area (TPSA) is 83.1 Å². The van der Waals surface area contributed by atoms with Gasteiger partial charge in [0.1, 0.15) is 35.3 Å². The van der Waals surface area contributed by atoms with Gasteiger partial charge in [0.15, 0.2) is 0 Å². The van der Waals surface area contributed by atoms with Crippen LogP contribution < -0.4 is 14.8 Å². The lowest BCUT2D eigenvalue weighted by molar-refractivity contribution is -0.155. The normalized spacial score (nSPS) is 14.5. The Balaban J connectivity index is 2.79. The minimum absolute atomic E-state index is 0.308. The highest BCUT2D eigenvalue weighted by atomic mass is 35.5. The quantitative estimate of drug-likeness (QED) is 0.541. The Morgan fingerprint density at radius 3 is 2.30 bits per heavy atom. The molecule has 1 rings (SSSR count). The monoisotopic (exact) mass is 443 g/mol.